The van der Waals surface area contributed by atoms with Crippen LogP contribution >= 0.6 is 7.41 Å². The fourth-order valence-electron chi connectivity index (χ4n) is 1.24. The molecule has 1 rings (SSSR count). The first kappa shape index (κ1) is 10.6. The van der Waals surface area contributed by atoms with Gasteiger partial charge in [0.15, 0.2) is 0 Å². The standard InChI is InChI=1S/C9H20N3P/c1-9(2,3)8-7-10-11-12(8)13(4,5)6/h7,13H,1-6H3. The summed E-state index contributed by atoms with van der Waals surface area (Å²) < 4.78 is 2.13. The molecule has 0 bridgehead atoms. The maximum atomic E-state index is 4.18. The van der Waals surface area contributed by atoms with Gasteiger partial charge in [-0.2, -0.15) is 0 Å². The van der Waals surface area contributed by atoms with Gasteiger partial charge in [0.1, 0.15) is 0 Å². The third kappa shape index (κ3) is 2.28. The molecule has 0 unspecified atom stereocenters. The Bertz CT molecular complexity index is 262. The van der Waals surface area contributed by atoms with Crippen LogP contribution in [0.3, 0.4) is 0 Å². The van der Waals surface area contributed by atoms with Crippen molar-refractivity contribution < 1.29 is 0 Å². The summed E-state index contributed by atoms with van der Waals surface area (Å²) in [5, 5.41) is 8.19. The fraction of sp³-hybridized carbons (Fsp3) is 0.778. The molecule has 1 aromatic heterocycles. The molecular formula is C9H20N3P. The van der Waals surface area contributed by atoms with Gasteiger partial charge in [-0.05, 0) is 0 Å². The third-order valence-electron chi connectivity index (χ3n) is 1.95. The molecule has 3 nitrogen and oxygen atoms in total. The summed E-state index contributed by atoms with van der Waals surface area (Å²) in [6.45, 7) is 13.4. The molecule has 76 valence electrons. The molecule has 0 N–H and O–H groups in total. The van der Waals surface area contributed by atoms with Crippen LogP contribution in [0.15, 0.2) is 6.20 Å². The topological polar surface area (TPSA) is 30.7 Å². The molecule has 1 aromatic rings. The van der Waals surface area contributed by atoms with Crippen molar-refractivity contribution in [2.24, 2.45) is 0 Å². The van der Waals surface area contributed by atoms with Crippen LogP contribution in [0, 0.1) is 0 Å². The van der Waals surface area contributed by atoms with Gasteiger partial charge in [-0.3, -0.25) is 0 Å². The van der Waals surface area contributed by atoms with E-state index in [9.17, 15) is 0 Å². The molecule has 0 amide bonds. The van der Waals surface area contributed by atoms with Gasteiger partial charge in [-0.25, -0.2) is 0 Å². The van der Waals surface area contributed by atoms with Crippen LogP contribution < -0.4 is 0 Å². The predicted octanol–water partition coefficient (Wildman–Crippen LogP) is 1.98. The van der Waals surface area contributed by atoms with Crippen molar-refractivity contribution in [2.75, 3.05) is 20.0 Å². The Balaban J connectivity index is 3.19. The number of rotatable bonds is 1. The summed E-state index contributed by atoms with van der Waals surface area (Å²) in [5.41, 5.74) is 1.38. The molecule has 0 radical (unpaired) electrons. The second-order valence-electron chi connectivity index (χ2n) is 5.45. The van der Waals surface area contributed by atoms with E-state index in [-0.39, 0.29) is 5.41 Å². The van der Waals surface area contributed by atoms with Crippen molar-refractivity contribution in [2.45, 2.75) is 26.2 Å². The van der Waals surface area contributed by atoms with Gasteiger partial charge in [-0.15, -0.1) is 0 Å². The molecular weight excluding hydrogens is 181 g/mol. The van der Waals surface area contributed by atoms with Crippen LogP contribution in [-0.2, 0) is 5.41 Å². The molecule has 1 heterocycles. The zero-order valence-corrected chi connectivity index (χ0v) is 10.4. The molecule has 13 heavy (non-hydrogen) atoms. The van der Waals surface area contributed by atoms with Crippen molar-refractivity contribution in [3.8, 4) is 0 Å². The summed E-state index contributed by atoms with van der Waals surface area (Å²) in [5.74, 6) is 0. The van der Waals surface area contributed by atoms with E-state index >= 15 is 0 Å². The molecule has 0 saturated heterocycles. The van der Waals surface area contributed by atoms with Crippen LogP contribution in [0.4, 0.5) is 0 Å². The van der Waals surface area contributed by atoms with Gasteiger partial charge >= 0.3 is 80.2 Å². The Morgan fingerprint density at radius 3 is 2.08 bits per heavy atom. The minimum absolute atomic E-state index is 0.143. The van der Waals surface area contributed by atoms with Crippen LogP contribution in [0.2, 0.25) is 0 Å². The van der Waals surface area contributed by atoms with Gasteiger partial charge in [0.2, 0.25) is 0 Å². The van der Waals surface area contributed by atoms with Gasteiger partial charge in [-0.1, -0.05) is 0 Å². The van der Waals surface area contributed by atoms with Gasteiger partial charge in [0, 0.05) is 0 Å². The van der Waals surface area contributed by atoms with Crippen molar-refractivity contribution >= 4 is 7.41 Å². The first-order valence-corrected chi connectivity index (χ1v) is 8.09. The Kier molecular flexibility index (Phi) is 2.50. The number of hydrogen-bond donors (Lipinski definition) is 0. The molecule has 0 atom stereocenters. The van der Waals surface area contributed by atoms with E-state index in [2.05, 4.69) is 55.5 Å². The van der Waals surface area contributed by atoms with E-state index in [0.717, 1.165) is 0 Å². The summed E-state index contributed by atoms with van der Waals surface area (Å²) >= 11 is 0. The number of hydrogen-bond acceptors (Lipinski definition) is 2. The SMILES string of the molecule is CC(C)(C)c1cnnn1[PH](C)(C)C. The van der Waals surface area contributed by atoms with Crippen molar-refractivity contribution in [1.29, 1.82) is 0 Å². The predicted molar refractivity (Wildman–Crippen MR) is 60.2 cm³/mol. The zero-order valence-electron chi connectivity index (χ0n) is 9.42. The molecule has 0 aliphatic heterocycles. The summed E-state index contributed by atoms with van der Waals surface area (Å²) in [7, 11) is -1.39. The fourth-order valence-corrected chi connectivity index (χ4v) is 2.68. The van der Waals surface area contributed by atoms with Crippen LogP contribution in [0.1, 0.15) is 26.5 Å². The number of nitrogens with zero attached hydrogens (tertiary/aromatic N) is 3. The molecule has 0 aliphatic carbocycles. The quantitative estimate of drug-likeness (QED) is 0.650. The average Bonchev–Trinajstić information content (AvgIpc) is 2.27. The number of aromatic nitrogens is 3. The Morgan fingerprint density at radius 1 is 1.23 bits per heavy atom. The molecule has 0 saturated carbocycles. The van der Waals surface area contributed by atoms with E-state index in [1.807, 2.05) is 6.20 Å². The second-order valence-corrected chi connectivity index (χ2v) is 10.2. The molecule has 0 aromatic carbocycles. The molecule has 0 fully saturated rings. The van der Waals surface area contributed by atoms with Gasteiger partial charge < -0.3 is 0 Å². The molecule has 0 spiro atoms. The normalized spacial score (nSPS) is 14.6. The van der Waals surface area contributed by atoms with E-state index in [1.54, 1.807) is 0 Å². The van der Waals surface area contributed by atoms with E-state index < -0.39 is 7.41 Å². The summed E-state index contributed by atoms with van der Waals surface area (Å²) in [6, 6.07) is 0. The molecule has 0 aliphatic rings. The Labute approximate surface area is 80.9 Å². The first-order valence-electron chi connectivity index (χ1n) is 4.64. The Hall–Kier alpha value is -0.430. The van der Waals surface area contributed by atoms with Crippen molar-refractivity contribution in [3.63, 3.8) is 0 Å². The third-order valence-corrected chi connectivity index (χ3v) is 3.55. The monoisotopic (exact) mass is 201 g/mol. The Morgan fingerprint density at radius 2 is 1.77 bits per heavy atom. The van der Waals surface area contributed by atoms with Gasteiger partial charge in [0.05, 0.1) is 0 Å². The van der Waals surface area contributed by atoms with Crippen LogP contribution in [-0.4, -0.2) is 34.8 Å². The first-order chi connectivity index (χ1) is 5.73. The van der Waals surface area contributed by atoms with E-state index in [0.29, 0.717) is 0 Å². The molecule has 4 heteroatoms. The van der Waals surface area contributed by atoms with Crippen molar-refractivity contribution in [3.05, 3.63) is 11.9 Å². The summed E-state index contributed by atoms with van der Waals surface area (Å²) in [6.07, 6.45) is 1.89. The second kappa shape index (κ2) is 3.06. The van der Waals surface area contributed by atoms with Crippen LogP contribution in [0.25, 0.3) is 0 Å². The van der Waals surface area contributed by atoms with Crippen molar-refractivity contribution in [1.82, 2.24) is 14.8 Å². The minimum atomic E-state index is -1.39. The van der Waals surface area contributed by atoms with Gasteiger partial charge in [0.25, 0.3) is 0 Å². The maximum absolute atomic E-state index is 4.18. The zero-order chi connectivity index (χ0) is 10.3. The van der Waals surface area contributed by atoms with E-state index in [1.165, 1.54) is 5.69 Å². The summed E-state index contributed by atoms with van der Waals surface area (Å²) in [4.78, 5) is 0. The van der Waals surface area contributed by atoms with Crippen LogP contribution in [0.5, 0.6) is 0 Å². The average molecular weight is 201 g/mol. The van der Waals surface area contributed by atoms with E-state index in [4.69, 9.17) is 0 Å².